The van der Waals surface area contributed by atoms with Crippen molar-refractivity contribution < 1.29 is 0 Å². The van der Waals surface area contributed by atoms with Crippen molar-refractivity contribution in [2.45, 2.75) is 59.5 Å². The van der Waals surface area contributed by atoms with Crippen LogP contribution in [0.5, 0.6) is 0 Å². The molecule has 1 atom stereocenters. The fraction of sp³-hybridized carbons (Fsp3) is 0.714. The molecule has 0 heterocycles. The summed E-state index contributed by atoms with van der Waals surface area (Å²) >= 11 is 0. The molecule has 0 aliphatic carbocycles. The van der Waals surface area contributed by atoms with Crippen LogP contribution in [0.1, 0.15) is 48.0 Å². The maximum absolute atomic E-state index is 4.16. The molecule has 0 spiro atoms. The largest absolute Gasteiger partial charge is 0.306 e. The zero-order valence-corrected chi connectivity index (χ0v) is 11.3. The van der Waals surface area contributed by atoms with E-state index in [1.165, 1.54) is 5.57 Å². The molecule has 88 valence electrons. The molecule has 0 bridgehead atoms. The lowest BCUT2D eigenvalue weighted by Crippen LogP contribution is -2.43. The maximum Gasteiger partial charge on any atom is 0.0289 e. The predicted octanol–water partition coefficient (Wildman–Crippen LogP) is 3.92. The van der Waals surface area contributed by atoms with Crippen molar-refractivity contribution >= 4 is 0 Å². The van der Waals surface area contributed by atoms with Gasteiger partial charge in [-0.15, -0.1) is 6.58 Å². The van der Waals surface area contributed by atoms with Gasteiger partial charge in [0.2, 0.25) is 0 Å². The topological polar surface area (TPSA) is 12.0 Å². The highest BCUT2D eigenvalue weighted by atomic mass is 15.0. The van der Waals surface area contributed by atoms with Gasteiger partial charge in [-0.3, -0.25) is 0 Å². The lowest BCUT2D eigenvalue weighted by Gasteiger charge is -2.30. The van der Waals surface area contributed by atoms with E-state index in [9.17, 15) is 0 Å². The van der Waals surface area contributed by atoms with Gasteiger partial charge in [0, 0.05) is 11.6 Å². The second-order valence-corrected chi connectivity index (χ2v) is 6.29. The first-order valence-electron chi connectivity index (χ1n) is 5.65. The van der Waals surface area contributed by atoms with Crippen LogP contribution < -0.4 is 5.32 Å². The van der Waals surface area contributed by atoms with Crippen LogP contribution in [0.15, 0.2) is 24.8 Å². The summed E-state index contributed by atoms with van der Waals surface area (Å²) in [6.07, 6.45) is 2.94. The van der Waals surface area contributed by atoms with Crippen LogP contribution >= 0.6 is 0 Å². The van der Waals surface area contributed by atoms with E-state index in [-0.39, 0.29) is 11.0 Å². The first-order valence-corrected chi connectivity index (χ1v) is 5.65. The normalized spacial score (nSPS) is 14.8. The zero-order valence-electron chi connectivity index (χ0n) is 11.3. The minimum atomic E-state index is 0.122. The summed E-state index contributed by atoms with van der Waals surface area (Å²) in [5.41, 5.74) is 1.57. The van der Waals surface area contributed by atoms with Gasteiger partial charge in [0.1, 0.15) is 0 Å². The van der Waals surface area contributed by atoms with Crippen LogP contribution in [0.25, 0.3) is 0 Å². The van der Waals surface area contributed by atoms with Gasteiger partial charge in [0.15, 0.2) is 0 Å². The van der Waals surface area contributed by atoms with Gasteiger partial charge in [-0.25, -0.2) is 0 Å². The van der Waals surface area contributed by atoms with Gasteiger partial charge in [-0.2, -0.15) is 0 Å². The minimum absolute atomic E-state index is 0.122. The molecule has 1 unspecified atom stereocenters. The van der Waals surface area contributed by atoms with Gasteiger partial charge in [0.25, 0.3) is 0 Å². The van der Waals surface area contributed by atoms with Crippen LogP contribution in [-0.2, 0) is 0 Å². The molecule has 1 heteroatoms. The first-order chi connectivity index (χ1) is 6.56. The van der Waals surface area contributed by atoms with E-state index in [2.05, 4.69) is 60.0 Å². The van der Waals surface area contributed by atoms with Gasteiger partial charge in [0.05, 0.1) is 0 Å². The first kappa shape index (κ1) is 14.4. The fourth-order valence-electron chi connectivity index (χ4n) is 1.32. The summed E-state index contributed by atoms with van der Waals surface area (Å²) in [6, 6.07) is 0.316. The Morgan fingerprint density at radius 3 is 1.93 bits per heavy atom. The Kier molecular flexibility index (Phi) is 4.79. The number of nitrogens with one attached hydrogen (secondary N) is 1. The number of hydrogen-bond acceptors (Lipinski definition) is 1. The average Bonchev–Trinajstić information content (AvgIpc) is 1.98. The van der Waals surface area contributed by atoms with Gasteiger partial charge in [-0.05, 0) is 32.6 Å². The third-order valence-electron chi connectivity index (χ3n) is 2.43. The van der Waals surface area contributed by atoms with Crippen LogP contribution in [0.2, 0.25) is 0 Å². The summed E-state index contributed by atoms with van der Waals surface area (Å²) in [5, 5.41) is 3.53. The van der Waals surface area contributed by atoms with Crippen LogP contribution in [0, 0.1) is 5.41 Å². The van der Waals surface area contributed by atoms with Crippen LogP contribution in [0.3, 0.4) is 0 Å². The monoisotopic (exact) mass is 209 g/mol. The minimum Gasteiger partial charge on any atom is -0.306 e. The molecule has 0 saturated heterocycles. The highest BCUT2D eigenvalue weighted by Gasteiger charge is 2.20. The van der Waals surface area contributed by atoms with Crippen molar-refractivity contribution in [3.05, 3.63) is 24.8 Å². The summed E-state index contributed by atoms with van der Waals surface area (Å²) in [6.45, 7) is 21.1. The summed E-state index contributed by atoms with van der Waals surface area (Å²) in [5.74, 6) is 0. The van der Waals surface area contributed by atoms with E-state index in [1.807, 2.05) is 6.08 Å². The number of hydrogen-bond donors (Lipinski definition) is 1. The summed E-state index contributed by atoms with van der Waals surface area (Å²) < 4.78 is 0. The van der Waals surface area contributed by atoms with E-state index in [1.54, 1.807) is 0 Å². The third kappa shape index (κ3) is 6.51. The maximum atomic E-state index is 4.16. The molecule has 0 aromatic rings. The molecule has 0 fully saturated rings. The van der Waals surface area contributed by atoms with Gasteiger partial charge >= 0.3 is 0 Å². The molecule has 0 aliphatic rings. The Morgan fingerprint density at radius 1 is 1.20 bits per heavy atom. The standard InChI is InChI=1S/C14H27N/c1-9-12(15-14(6,7)8)10-11(2)13(3,4)5/h9,12,15H,1-2,10H2,3-8H3. The third-order valence-corrected chi connectivity index (χ3v) is 2.43. The number of rotatable bonds is 4. The highest BCUT2D eigenvalue weighted by Crippen LogP contribution is 2.27. The average molecular weight is 209 g/mol. The van der Waals surface area contributed by atoms with Gasteiger partial charge in [-0.1, -0.05) is 39.0 Å². The second-order valence-electron chi connectivity index (χ2n) is 6.29. The molecule has 0 aromatic carbocycles. The molecule has 0 rings (SSSR count). The Labute approximate surface area is 95.7 Å². The molecular weight excluding hydrogens is 182 g/mol. The lowest BCUT2D eigenvalue weighted by atomic mass is 9.83. The smallest absolute Gasteiger partial charge is 0.0289 e. The van der Waals surface area contributed by atoms with Crippen molar-refractivity contribution in [3.63, 3.8) is 0 Å². The van der Waals surface area contributed by atoms with Gasteiger partial charge < -0.3 is 5.32 Å². The quantitative estimate of drug-likeness (QED) is 0.692. The van der Waals surface area contributed by atoms with Crippen molar-refractivity contribution in [1.82, 2.24) is 5.32 Å². The molecule has 1 nitrogen and oxygen atoms in total. The molecular formula is C14H27N. The van der Waals surface area contributed by atoms with Crippen molar-refractivity contribution in [2.24, 2.45) is 5.41 Å². The van der Waals surface area contributed by atoms with E-state index in [0.717, 1.165) is 6.42 Å². The molecule has 1 N–H and O–H groups in total. The summed E-state index contributed by atoms with van der Waals surface area (Å²) in [7, 11) is 0. The van der Waals surface area contributed by atoms with E-state index >= 15 is 0 Å². The van der Waals surface area contributed by atoms with Crippen LogP contribution in [-0.4, -0.2) is 11.6 Å². The Bertz CT molecular complexity index is 225. The molecule has 15 heavy (non-hydrogen) atoms. The Balaban J connectivity index is 4.36. The van der Waals surface area contributed by atoms with E-state index < -0.39 is 0 Å². The second kappa shape index (κ2) is 4.98. The van der Waals surface area contributed by atoms with E-state index in [4.69, 9.17) is 0 Å². The lowest BCUT2D eigenvalue weighted by molar-refractivity contribution is 0.373. The molecule has 0 saturated carbocycles. The zero-order chi connectivity index (χ0) is 12.3. The Morgan fingerprint density at radius 2 is 1.67 bits per heavy atom. The fourth-order valence-corrected chi connectivity index (χ4v) is 1.32. The van der Waals surface area contributed by atoms with Crippen molar-refractivity contribution in [1.29, 1.82) is 0 Å². The highest BCUT2D eigenvalue weighted by molar-refractivity contribution is 5.10. The molecule has 0 radical (unpaired) electrons. The van der Waals surface area contributed by atoms with Crippen molar-refractivity contribution in [3.8, 4) is 0 Å². The SMILES string of the molecule is C=CC(CC(=C)C(C)(C)C)NC(C)(C)C. The van der Waals surface area contributed by atoms with Crippen LogP contribution in [0.4, 0.5) is 0 Å². The van der Waals surface area contributed by atoms with E-state index in [0.29, 0.717) is 6.04 Å². The van der Waals surface area contributed by atoms with Crippen molar-refractivity contribution in [2.75, 3.05) is 0 Å². The molecule has 0 aliphatic heterocycles. The molecule has 0 amide bonds. The summed E-state index contributed by atoms with van der Waals surface area (Å²) in [4.78, 5) is 0. The predicted molar refractivity (Wildman–Crippen MR) is 70.1 cm³/mol. The Hall–Kier alpha value is -0.560. The molecule has 0 aromatic heterocycles.